The van der Waals surface area contributed by atoms with Gasteiger partial charge in [0.25, 0.3) is 0 Å². The van der Waals surface area contributed by atoms with E-state index in [1.165, 1.54) is 11.4 Å². The van der Waals surface area contributed by atoms with Crippen molar-refractivity contribution in [1.82, 2.24) is 4.90 Å². The molecule has 0 bridgehead atoms. The number of para-hydroxylation sites is 3. The quantitative estimate of drug-likeness (QED) is 0.866. The predicted octanol–water partition coefficient (Wildman–Crippen LogP) is 3.49. The molecule has 4 rings (SSSR count). The summed E-state index contributed by atoms with van der Waals surface area (Å²) in [4.78, 5) is 19.5. The highest BCUT2D eigenvalue weighted by molar-refractivity contribution is 5.91. The number of morpholine rings is 1. The van der Waals surface area contributed by atoms with Crippen LogP contribution in [-0.2, 0) is 4.74 Å². The monoisotopic (exact) mass is 394 g/mol. The number of piperazine rings is 1. The molecule has 2 aliphatic rings. The SMILES string of the molecule is Cc1cccc(C)c1NC(=O)N1CCN(c2ccccc2N2CCOCC2)CC1. The topological polar surface area (TPSA) is 48.1 Å². The first kappa shape index (κ1) is 19.6. The van der Waals surface area contributed by atoms with Crippen molar-refractivity contribution in [1.29, 1.82) is 0 Å². The Bertz CT molecular complexity index is 835. The van der Waals surface area contributed by atoms with Crippen LogP contribution in [-0.4, -0.2) is 63.4 Å². The zero-order chi connectivity index (χ0) is 20.2. The number of ether oxygens (including phenoxy) is 1. The molecular formula is C23H30N4O2. The zero-order valence-corrected chi connectivity index (χ0v) is 17.4. The summed E-state index contributed by atoms with van der Waals surface area (Å²) in [6, 6.07) is 14.7. The third-order valence-corrected chi connectivity index (χ3v) is 5.85. The highest BCUT2D eigenvalue weighted by Gasteiger charge is 2.24. The Labute approximate surface area is 173 Å². The molecule has 0 aromatic heterocycles. The summed E-state index contributed by atoms with van der Waals surface area (Å²) in [6.07, 6.45) is 0. The molecule has 0 spiro atoms. The average Bonchev–Trinajstić information content (AvgIpc) is 2.77. The zero-order valence-electron chi connectivity index (χ0n) is 17.4. The van der Waals surface area contributed by atoms with Gasteiger partial charge in [-0.2, -0.15) is 0 Å². The van der Waals surface area contributed by atoms with Crippen LogP contribution in [0.3, 0.4) is 0 Å². The van der Waals surface area contributed by atoms with Crippen molar-refractivity contribution < 1.29 is 9.53 Å². The van der Waals surface area contributed by atoms with E-state index < -0.39 is 0 Å². The van der Waals surface area contributed by atoms with Crippen LogP contribution in [0.4, 0.5) is 21.9 Å². The molecule has 0 radical (unpaired) electrons. The number of urea groups is 1. The predicted molar refractivity (Wildman–Crippen MR) is 118 cm³/mol. The molecule has 0 aliphatic carbocycles. The van der Waals surface area contributed by atoms with Crippen LogP contribution < -0.4 is 15.1 Å². The third-order valence-electron chi connectivity index (χ3n) is 5.85. The summed E-state index contributed by atoms with van der Waals surface area (Å²) in [7, 11) is 0. The van der Waals surface area contributed by atoms with Crippen molar-refractivity contribution in [3.63, 3.8) is 0 Å². The molecule has 2 fully saturated rings. The molecular weight excluding hydrogens is 364 g/mol. The van der Waals surface area contributed by atoms with Crippen molar-refractivity contribution in [3.05, 3.63) is 53.6 Å². The van der Waals surface area contributed by atoms with Gasteiger partial charge in [-0.3, -0.25) is 0 Å². The first-order chi connectivity index (χ1) is 14.1. The van der Waals surface area contributed by atoms with Gasteiger partial charge in [0.15, 0.2) is 0 Å². The van der Waals surface area contributed by atoms with E-state index in [1.54, 1.807) is 0 Å². The maximum absolute atomic E-state index is 12.8. The van der Waals surface area contributed by atoms with Crippen molar-refractivity contribution in [2.24, 2.45) is 0 Å². The minimum absolute atomic E-state index is 0.0106. The maximum atomic E-state index is 12.8. The molecule has 2 aliphatic heterocycles. The summed E-state index contributed by atoms with van der Waals surface area (Å²) in [5.74, 6) is 0. The fraction of sp³-hybridized carbons (Fsp3) is 0.435. The normalized spacial score (nSPS) is 17.4. The lowest BCUT2D eigenvalue weighted by molar-refractivity contribution is 0.122. The van der Waals surface area contributed by atoms with E-state index >= 15 is 0 Å². The first-order valence-electron chi connectivity index (χ1n) is 10.4. The molecule has 6 nitrogen and oxygen atoms in total. The van der Waals surface area contributed by atoms with E-state index in [2.05, 4.69) is 39.4 Å². The summed E-state index contributed by atoms with van der Waals surface area (Å²) >= 11 is 0. The molecule has 2 saturated heterocycles. The Morgan fingerprint density at radius 2 is 1.34 bits per heavy atom. The van der Waals surface area contributed by atoms with Crippen LogP contribution in [0, 0.1) is 13.8 Å². The fourth-order valence-corrected chi connectivity index (χ4v) is 4.15. The van der Waals surface area contributed by atoms with Crippen molar-refractivity contribution in [3.8, 4) is 0 Å². The maximum Gasteiger partial charge on any atom is 0.321 e. The van der Waals surface area contributed by atoms with E-state index in [1.807, 2.05) is 36.9 Å². The van der Waals surface area contributed by atoms with E-state index in [0.717, 1.165) is 56.2 Å². The molecule has 2 amide bonds. The Balaban J connectivity index is 1.40. The molecule has 2 heterocycles. The van der Waals surface area contributed by atoms with E-state index in [4.69, 9.17) is 4.74 Å². The van der Waals surface area contributed by atoms with Crippen LogP contribution in [0.25, 0.3) is 0 Å². The number of aryl methyl sites for hydroxylation is 2. The number of carbonyl (C=O) groups is 1. The number of hydrogen-bond acceptors (Lipinski definition) is 4. The highest BCUT2D eigenvalue weighted by Crippen LogP contribution is 2.30. The lowest BCUT2D eigenvalue weighted by atomic mass is 10.1. The number of nitrogens with zero attached hydrogens (tertiary/aromatic N) is 3. The minimum Gasteiger partial charge on any atom is -0.378 e. The van der Waals surface area contributed by atoms with E-state index in [0.29, 0.717) is 13.1 Å². The minimum atomic E-state index is -0.0106. The second-order valence-corrected chi connectivity index (χ2v) is 7.76. The lowest BCUT2D eigenvalue weighted by Gasteiger charge is -2.39. The number of hydrogen-bond donors (Lipinski definition) is 1. The molecule has 2 aromatic rings. The van der Waals surface area contributed by atoms with Gasteiger partial charge in [0, 0.05) is 45.0 Å². The molecule has 0 saturated carbocycles. The van der Waals surface area contributed by atoms with Crippen LogP contribution in [0.5, 0.6) is 0 Å². The van der Waals surface area contributed by atoms with Gasteiger partial charge >= 0.3 is 6.03 Å². The number of rotatable bonds is 3. The summed E-state index contributed by atoms with van der Waals surface area (Å²) in [6.45, 7) is 10.6. The van der Waals surface area contributed by atoms with Gasteiger partial charge in [-0.05, 0) is 37.1 Å². The molecule has 6 heteroatoms. The highest BCUT2D eigenvalue weighted by atomic mass is 16.5. The molecule has 29 heavy (non-hydrogen) atoms. The summed E-state index contributed by atoms with van der Waals surface area (Å²) in [5.41, 5.74) is 5.64. The van der Waals surface area contributed by atoms with E-state index in [9.17, 15) is 4.79 Å². The summed E-state index contributed by atoms with van der Waals surface area (Å²) < 4.78 is 5.51. The van der Waals surface area contributed by atoms with Crippen LogP contribution in [0.1, 0.15) is 11.1 Å². The Hall–Kier alpha value is -2.73. The van der Waals surface area contributed by atoms with Gasteiger partial charge in [0.1, 0.15) is 0 Å². The molecule has 1 N–H and O–H groups in total. The number of nitrogens with one attached hydrogen (secondary N) is 1. The fourth-order valence-electron chi connectivity index (χ4n) is 4.15. The molecule has 0 unspecified atom stereocenters. The Kier molecular flexibility index (Phi) is 5.90. The first-order valence-corrected chi connectivity index (χ1v) is 10.4. The van der Waals surface area contributed by atoms with Gasteiger partial charge in [-0.1, -0.05) is 30.3 Å². The van der Waals surface area contributed by atoms with Crippen LogP contribution in [0.15, 0.2) is 42.5 Å². The van der Waals surface area contributed by atoms with Gasteiger partial charge in [-0.25, -0.2) is 4.79 Å². The second kappa shape index (κ2) is 8.74. The standard InChI is InChI=1S/C23H30N4O2/c1-18-6-5-7-19(2)22(18)24-23(28)27-12-10-25(11-13-27)20-8-3-4-9-21(20)26-14-16-29-17-15-26/h3-9H,10-17H2,1-2H3,(H,24,28). The third kappa shape index (κ3) is 4.32. The van der Waals surface area contributed by atoms with Gasteiger partial charge < -0.3 is 24.8 Å². The molecule has 0 atom stereocenters. The van der Waals surface area contributed by atoms with Gasteiger partial charge in [-0.15, -0.1) is 0 Å². The van der Waals surface area contributed by atoms with Crippen LogP contribution in [0.2, 0.25) is 0 Å². The Morgan fingerprint density at radius 1 is 0.793 bits per heavy atom. The number of benzene rings is 2. The Morgan fingerprint density at radius 3 is 1.93 bits per heavy atom. The number of carbonyl (C=O) groups excluding carboxylic acids is 1. The van der Waals surface area contributed by atoms with Gasteiger partial charge in [0.05, 0.1) is 24.6 Å². The largest absolute Gasteiger partial charge is 0.378 e. The summed E-state index contributed by atoms with van der Waals surface area (Å²) in [5, 5.41) is 3.11. The average molecular weight is 395 g/mol. The second-order valence-electron chi connectivity index (χ2n) is 7.76. The number of anilines is 3. The van der Waals surface area contributed by atoms with Crippen molar-refractivity contribution in [2.75, 3.05) is 67.6 Å². The smallest absolute Gasteiger partial charge is 0.321 e. The van der Waals surface area contributed by atoms with E-state index in [-0.39, 0.29) is 6.03 Å². The van der Waals surface area contributed by atoms with Crippen molar-refractivity contribution in [2.45, 2.75) is 13.8 Å². The van der Waals surface area contributed by atoms with Crippen molar-refractivity contribution >= 4 is 23.1 Å². The van der Waals surface area contributed by atoms with Gasteiger partial charge in [0.2, 0.25) is 0 Å². The molecule has 2 aromatic carbocycles. The number of amides is 2. The molecule has 154 valence electrons. The van der Waals surface area contributed by atoms with Crippen LogP contribution >= 0.6 is 0 Å². The lowest BCUT2D eigenvalue weighted by Crippen LogP contribution is -2.50.